The molecule has 2 unspecified atom stereocenters. The number of aromatic nitrogens is 2. The molecule has 2 rings (SSSR count). The molecule has 0 spiro atoms. The van der Waals surface area contributed by atoms with Crippen molar-refractivity contribution in [1.29, 1.82) is 0 Å². The number of hydrogen-bond donors (Lipinski definition) is 1. The van der Waals surface area contributed by atoms with Crippen molar-refractivity contribution in [2.45, 2.75) is 46.1 Å². The molecule has 4 nitrogen and oxygen atoms in total. The summed E-state index contributed by atoms with van der Waals surface area (Å²) >= 11 is 5.07. The molecule has 0 fully saturated rings. The topological polar surface area (TPSA) is 51.0 Å². The van der Waals surface area contributed by atoms with E-state index >= 15 is 0 Å². The highest BCUT2D eigenvalue weighted by molar-refractivity contribution is 9.10. The summed E-state index contributed by atoms with van der Waals surface area (Å²) < 4.78 is 6.59. The Morgan fingerprint density at radius 1 is 1.38 bits per heavy atom. The number of halogens is 1. The first-order valence-electron chi connectivity index (χ1n) is 7.34. The van der Waals surface area contributed by atoms with Crippen LogP contribution in [0, 0.1) is 5.92 Å². The molecular weight excluding hydrogens is 350 g/mol. The molecule has 2 aromatic heterocycles. The minimum absolute atomic E-state index is 0.223. The van der Waals surface area contributed by atoms with E-state index in [1.807, 2.05) is 11.4 Å². The van der Waals surface area contributed by atoms with Gasteiger partial charge in [0, 0.05) is 15.9 Å². The van der Waals surface area contributed by atoms with Crippen LogP contribution in [0.25, 0.3) is 10.7 Å². The summed E-state index contributed by atoms with van der Waals surface area (Å²) in [5.41, 5.74) is 0. The Bertz CT molecular complexity index is 567. The van der Waals surface area contributed by atoms with Crippen LogP contribution in [0.4, 0.5) is 0 Å². The van der Waals surface area contributed by atoms with Crippen molar-refractivity contribution in [2.75, 3.05) is 6.54 Å². The Hall–Kier alpha value is -0.720. The van der Waals surface area contributed by atoms with Crippen LogP contribution in [0.1, 0.15) is 45.9 Å². The van der Waals surface area contributed by atoms with Crippen LogP contribution in [0.15, 0.2) is 20.4 Å². The SMILES string of the molecule is CCCNC(C)C(c1nc(-c2cc(Br)cs2)no1)C(C)C. The van der Waals surface area contributed by atoms with Gasteiger partial charge in [-0.3, -0.25) is 0 Å². The minimum atomic E-state index is 0.223. The van der Waals surface area contributed by atoms with Crippen LogP contribution in [0.2, 0.25) is 0 Å². The summed E-state index contributed by atoms with van der Waals surface area (Å²) in [7, 11) is 0. The van der Waals surface area contributed by atoms with Crippen LogP contribution in [0.3, 0.4) is 0 Å². The Morgan fingerprint density at radius 2 is 2.14 bits per heavy atom. The molecule has 21 heavy (non-hydrogen) atoms. The van der Waals surface area contributed by atoms with E-state index in [4.69, 9.17) is 4.52 Å². The quantitative estimate of drug-likeness (QED) is 0.766. The molecule has 1 N–H and O–H groups in total. The lowest BCUT2D eigenvalue weighted by atomic mass is 9.89. The molecule has 0 radical (unpaired) electrons. The summed E-state index contributed by atoms with van der Waals surface area (Å²) in [5.74, 6) is 2.06. The molecule has 0 saturated heterocycles. The zero-order chi connectivity index (χ0) is 15.4. The molecule has 0 bridgehead atoms. The third kappa shape index (κ3) is 4.14. The second-order valence-corrected chi connectivity index (χ2v) is 7.42. The van der Waals surface area contributed by atoms with E-state index in [1.54, 1.807) is 11.3 Å². The standard InChI is InChI=1S/C15H22BrN3OS/c1-5-6-17-10(4)13(9(2)3)15-18-14(19-20-15)12-7-11(16)8-21-12/h7-10,13,17H,5-6H2,1-4H3. The largest absolute Gasteiger partial charge is 0.339 e. The van der Waals surface area contributed by atoms with E-state index in [1.165, 1.54) is 0 Å². The summed E-state index contributed by atoms with van der Waals surface area (Å²) in [4.78, 5) is 5.64. The number of nitrogens with one attached hydrogen (secondary N) is 1. The molecule has 6 heteroatoms. The maximum atomic E-state index is 5.54. The second-order valence-electron chi connectivity index (χ2n) is 5.60. The maximum Gasteiger partial charge on any atom is 0.231 e. The Balaban J connectivity index is 2.19. The number of rotatable bonds is 7. The Labute approximate surface area is 138 Å². The average molecular weight is 372 g/mol. The van der Waals surface area contributed by atoms with Crippen LogP contribution in [-0.2, 0) is 0 Å². The van der Waals surface area contributed by atoms with Crippen molar-refractivity contribution < 1.29 is 4.52 Å². The molecule has 0 aliphatic heterocycles. The first kappa shape index (κ1) is 16.6. The van der Waals surface area contributed by atoms with Crippen LogP contribution in [-0.4, -0.2) is 22.7 Å². The van der Waals surface area contributed by atoms with Gasteiger partial charge in [0.05, 0.1) is 10.8 Å². The highest BCUT2D eigenvalue weighted by atomic mass is 79.9. The molecule has 0 aromatic carbocycles. The van der Waals surface area contributed by atoms with Gasteiger partial charge >= 0.3 is 0 Å². The van der Waals surface area contributed by atoms with E-state index in [0.717, 1.165) is 28.2 Å². The zero-order valence-electron chi connectivity index (χ0n) is 12.9. The van der Waals surface area contributed by atoms with Gasteiger partial charge in [-0.15, -0.1) is 11.3 Å². The molecule has 116 valence electrons. The lowest BCUT2D eigenvalue weighted by molar-refractivity contribution is 0.280. The van der Waals surface area contributed by atoms with Gasteiger partial charge in [0.25, 0.3) is 0 Å². The third-order valence-corrected chi connectivity index (χ3v) is 5.17. The molecular formula is C15H22BrN3OS. The molecule has 0 saturated carbocycles. The lowest BCUT2D eigenvalue weighted by Gasteiger charge is -2.24. The highest BCUT2D eigenvalue weighted by Crippen LogP contribution is 2.31. The van der Waals surface area contributed by atoms with Gasteiger partial charge in [0.2, 0.25) is 11.7 Å². The van der Waals surface area contributed by atoms with Gasteiger partial charge in [-0.25, -0.2) is 0 Å². The fraction of sp³-hybridized carbons (Fsp3) is 0.600. The van der Waals surface area contributed by atoms with E-state index in [9.17, 15) is 0 Å². The normalized spacial score (nSPS) is 14.6. The zero-order valence-corrected chi connectivity index (χ0v) is 15.3. The first-order valence-corrected chi connectivity index (χ1v) is 9.01. The smallest absolute Gasteiger partial charge is 0.231 e. The van der Waals surface area contributed by atoms with Crippen molar-refractivity contribution in [2.24, 2.45) is 5.92 Å². The van der Waals surface area contributed by atoms with Gasteiger partial charge in [0.1, 0.15) is 0 Å². The van der Waals surface area contributed by atoms with Crippen molar-refractivity contribution in [3.63, 3.8) is 0 Å². The van der Waals surface area contributed by atoms with Gasteiger partial charge in [-0.1, -0.05) is 25.9 Å². The maximum absolute atomic E-state index is 5.54. The van der Waals surface area contributed by atoms with Crippen molar-refractivity contribution in [3.05, 3.63) is 21.8 Å². The lowest BCUT2D eigenvalue weighted by Crippen LogP contribution is -2.35. The highest BCUT2D eigenvalue weighted by Gasteiger charge is 2.28. The predicted octanol–water partition coefficient (Wildman–Crippen LogP) is 4.69. The summed E-state index contributed by atoms with van der Waals surface area (Å²) in [5, 5.41) is 9.70. The van der Waals surface area contributed by atoms with E-state index in [0.29, 0.717) is 17.8 Å². The van der Waals surface area contributed by atoms with Gasteiger partial charge in [-0.2, -0.15) is 4.98 Å². The Kier molecular flexibility index (Phi) is 5.96. The van der Waals surface area contributed by atoms with E-state index < -0.39 is 0 Å². The molecule has 2 atom stereocenters. The average Bonchev–Trinajstić information content (AvgIpc) is 3.05. The van der Waals surface area contributed by atoms with Crippen molar-refractivity contribution >= 4 is 27.3 Å². The monoisotopic (exact) mass is 371 g/mol. The molecule has 0 aliphatic rings. The summed E-state index contributed by atoms with van der Waals surface area (Å²) in [6.07, 6.45) is 1.12. The second kappa shape index (κ2) is 7.51. The van der Waals surface area contributed by atoms with Gasteiger partial charge in [0.15, 0.2) is 0 Å². The van der Waals surface area contributed by atoms with E-state index in [-0.39, 0.29) is 5.92 Å². The third-order valence-electron chi connectivity index (χ3n) is 3.49. The number of thiophene rings is 1. The molecule has 0 aliphatic carbocycles. The van der Waals surface area contributed by atoms with Crippen LogP contribution >= 0.6 is 27.3 Å². The van der Waals surface area contributed by atoms with Crippen LogP contribution < -0.4 is 5.32 Å². The fourth-order valence-electron chi connectivity index (χ4n) is 2.48. The van der Waals surface area contributed by atoms with E-state index in [2.05, 4.69) is 59.1 Å². The number of hydrogen-bond acceptors (Lipinski definition) is 5. The molecule has 2 heterocycles. The van der Waals surface area contributed by atoms with Crippen molar-refractivity contribution in [1.82, 2.24) is 15.5 Å². The van der Waals surface area contributed by atoms with Gasteiger partial charge in [-0.05, 0) is 47.8 Å². The first-order chi connectivity index (χ1) is 10.0. The fourth-order valence-corrected chi connectivity index (χ4v) is 3.83. The summed E-state index contributed by atoms with van der Waals surface area (Å²) in [6, 6.07) is 2.33. The van der Waals surface area contributed by atoms with Gasteiger partial charge < -0.3 is 9.84 Å². The molecule has 2 aromatic rings. The molecule has 0 amide bonds. The van der Waals surface area contributed by atoms with Crippen molar-refractivity contribution in [3.8, 4) is 10.7 Å². The minimum Gasteiger partial charge on any atom is -0.339 e. The Morgan fingerprint density at radius 3 is 2.71 bits per heavy atom. The predicted molar refractivity (Wildman–Crippen MR) is 90.6 cm³/mol. The summed E-state index contributed by atoms with van der Waals surface area (Å²) in [6.45, 7) is 9.75. The number of nitrogens with zero attached hydrogens (tertiary/aromatic N) is 2. The van der Waals surface area contributed by atoms with Crippen LogP contribution in [0.5, 0.6) is 0 Å².